The van der Waals surface area contributed by atoms with Crippen LogP contribution in [0.5, 0.6) is 0 Å². The third-order valence-corrected chi connectivity index (χ3v) is 7.84. The third kappa shape index (κ3) is 3.06. The number of allylic oxidation sites excluding steroid dienone is 2. The van der Waals surface area contributed by atoms with Gasteiger partial charge in [-0.25, -0.2) is 23.1 Å². The summed E-state index contributed by atoms with van der Waals surface area (Å²) >= 11 is 0. The molecular weight excluding hydrogens is 416 g/mol. The van der Waals surface area contributed by atoms with Crippen molar-refractivity contribution in [3.63, 3.8) is 0 Å². The number of fused-ring (bicyclic) bond motifs is 5. The Kier molecular flexibility index (Phi) is 4.30. The highest BCUT2D eigenvalue weighted by Crippen LogP contribution is 2.55. The maximum atomic E-state index is 13.1. The molecule has 8 nitrogen and oxygen atoms in total. The fourth-order valence-corrected chi connectivity index (χ4v) is 6.20. The number of amides is 2. The molecule has 1 aromatic carbocycles. The first-order chi connectivity index (χ1) is 14.7. The van der Waals surface area contributed by atoms with Gasteiger partial charge in [0.05, 0.1) is 22.4 Å². The number of nitrogens with zero attached hydrogens (tertiary/aromatic N) is 3. The van der Waals surface area contributed by atoms with Crippen LogP contribution in [0.1, 0.15) is 24.7 Å². The van der Waals surface area contributed by atoms with Gasteiger partial charge in [-0.05, 0) is 69.4 Å². The molecule has 160 valence electrons. The van der Waals surface area contributed by atoms with Gasteiger partial charge in [0, 0.05) is 11.4 Å². The summed E-state index contributed by atoms with van der Waals surface area (Å²) in [6, 6.07) is 7.50. The zero-order valence-corrected chi connectivity index (χ0v) is 18.2. The average molecular weight is 439 g/mol. The predicted octanol–water partition coefficient (Wildman–Crippen LogP) is 2.60. The van der Waals surface area contributed by atoms with E-state index in [1.807, 2.05) is 6.92 Å². The molecule has 4 atom stereocenters. The lowest BCUT2D eigenvalue weighted by molar-refractivity contribution is -0.123. The van der Waals surface area contributed by atoms with Crippen LogP contribution in [0.15, 0.2) is 46.9 Å². The Morgan fingerprint density at radius 3 is 2.23 bits per heavy atom. The monoisotopic (exact) mass is 438 g/mol. The van der Waals surface area contributed by atoms with Crippen LogP contribution >= 0.6 is 0 Å². The Bertz CT molecular complexity index is 1230. The number of imide groups is 1. The summed E-state index contributed by atoms with van der Waals surface area (Å²) in [6.45, 7) is 5.53. The molecular formula is C22H22N4O4S. The Morgan fingerprint density at radius 2 is 1.58 bits per heavy atom. The summed E-state index contributed by atoms with van der Waals surface area (Å²) in [5.41, 5.74) is 2.88. The van der Waals surface area contributed by atoms with Crippen molar-refractivity contribution in [1.29, 1.82) is 0 Å². The van der Waals surface area contributed by atoms with Gasteiger partial charge in [-0.3, -0.25) is 14.5 Å². The molecule has 2 bridgehead atoms. The molecule has 31 heavy (non-hydrogen) atoms. The molecule has 1 saturated carbocycles. The summed E-state index contributed by atoms with van der Waals surface area (Å²) in [7, 11) is -3.92. The molecule has 0 unspecified atom stereocenters. The molecule has 9 heteroatoms. The minimum Gasteiger partial charge on any atom is -0.274 e. The van der Waals surface area contributed by atoms with Crippen molar-refractivity contribution in [2.24, 2.45) is 23.7 Å². The summed E-state index contributed by atoms with van der Waals surface area (Å²) < 4.78 is 27.8. The van der Waals surface area contributed by atoms with Crippen LogP contribution in [0.25, 0.3) is 0 Å². The molecule has 0 radical (unpaired) electrons. The normalized spacial score (nSPS) is 26.9. The number of hydrogen-bond acceptors (Lipinski definition) is 6. The molecule has 1 saturated heterocycles. The van der Waals surface area contributed by atoms with Crippen LogP contribution < -0.4 is 9.62 Å². The number of nitrogens with one attached hydrogen (secondary N) is 1. The first-order valence-corrected chi connectivity index (χ1v) is 11.7. The fourth-order valence-electron chi connectivity index (χ4n) is 5.25. The van der Waals surface area contributed by atoms with E-state index in [1.165, 1.54) is 34.7 Å². The Balaban J connectivity index is 1.39. The maximum Gasteiger partial charge on any atom is 0.264 e. The molecule has 3 aliphatic rings. The van der Waals surface area contributed by atoms with Crippen LogP contribution in [-0.4, -0.2) is 30.2 Å². The molecule has 2 aromatic rings. The quantitative estimate of drug-likeness (QED) is 0.580. The van der Waals surface area contributed by atoms with Crippen molar-refractivity contribution in [1.82, 2.24) is 9.97 Å². The van der Waals surface area contributed by atoms with Gasteiger partial charge < -0.3 is 0 Å². The first kappa shape index (κ1) is 19.9. The number of sulfonamides is 1. The first-order valence-electron chi connectivity index (χ1n) is 10.2. The van der Waals surface area contributed by atoms with Crippen LogP contribution in [0, 0.1) is 37.5 Å². The Labute approximate surface area is 180 Å². The molecule has 1 N–H and O–H groups in total. The third-order valence-electron chi connectivity index (χ3n) is 6.49. The second-order valence-electron chi connectivity index (χ2n) is 8.55. The van der Waals surface area contributed by atoms with Gasteiger partial charge in [0.25, 0.3) is 10.0 Å². The summed E-state index contributed by atoms with van der Waals surface area (Å²) in [5, 5.41) is 0. The van der Waals surface area contributed by atoms with E-state index in [0.717, 1.165) is 6.42 Å². The number of carbonyl (C=O) groups excluding carboxylic acids is 2. The van der Waals surface area contributed by atoms with Gasteiger partial charge in [-0.1, -0.05) is 11.6 Å². The number of anilines is 2. The molecule has 1 aliphatic heterocycles. The van der Waals surface area contributed by atoms with Crippen molar-refractivity contribution in [3.8, 4) is 0 Å². The molecule has 2 aliphatic carbocycles. The maximum absolute atomic E-state index is 13.1. The SMILES string of the molecule is CC1=C[C@H]2C[C@H]1[C@@H]1C(=O)N(c3ccc(S(=O)(=O)Nc4nc(C)cc(C)n4)cc3)C(=O)[C@@H]12. The van der Waals surface area contributed by atoms with Gasteiger partial charge in [-0.15, -0.1) is 0 Å². The van der Waals surface area contributed by atoms with Crippen molar-refractivity contribution < 1.29 is 18.0 Å². The lowest BCUT2D eigenvalue weighted by Crippen LogP contribution is -2.33. The van der Waals surface area contributed by atoms with E-state index in [-0.39, 0.29) is 46.3 Å². The summed E-state index contributed by atoms with van der Waals surface area (Å²) in [5.74, 6) is -0.716. The van der Waals surface area contributed by atoms with Crippen LogP contribution in [0.2, 0.25) is 0 Å². The summed E-state index contributed by atoms with van der Waals surface area (Å²) in [6.07, 6.45) is 2.99. The Morgan fingerprint density at radius 1 is 0.968 bits per heavy atom. The minimum absolute atomic E-state index is 0.00218. The number of aromatic nitrogens is 2. The second kappa shape index (κ2) is 6.71. The molecule has 2 heterocycles. The van der Waals surface area contributed by atoms with Gasteiger partial charge in [-0.2, -0.15) is 0 Å². The number of rotatable bonds is 4. The Hall–Kier alpha value is -3.07. The molecule has 5 rings (SSSR count). The lowest BCUT2D eigenvalue weighted by atomic mass is 9.82. The lowest BCUT2D eigenvalue weighted by Gasteiger charge is -2.19. The topological polar surface area (TPSA) is 109 Å². The van der Waals surface area contributed by atoms with Gasteiger partial charge in [0.15, 0.2) is 0 Å². The van der Waals surface area contributed by atoms with Crippen molar-refractivity contribution in [2.45, 2.75) is 32.1 Å². The van der Waals surface area contributed by atoms with Crippen molar-refractivity contribution in [2.75, 3.05) is 9.62 Å². The summed E-state index contributed by atoms with van der Waals surface area (Å²) in [4.78, 5) is 35.5. The highest BCUT2D eigenvalue weighted by Gasteiger charge is 2.60. The van der Waals surface area contributed by atoms with Gasteiger partial charge >= 0.3 is 0 Å². The number of aryl methyl sites for hydroxylation is 2. The number of hydrogen-bond donors (Lipinski definition) is 1. The van der Waals surface area contributed by atoms with E-state index in [9.17, 15) is 18.0 Å². The van der Waals surface area contributed by atoms with E-state index in [0.29, 0.717) is 17.1 Å². The van der Waals surface area contributed by atoms with Crippen molar-refractivity contribution >= 4 is 33.5 Å². The van der Waals surface area contributed by atoms with E-state index < -0.39 is 10.0 Å². The molecule has 1 aromatic heterocycles. The van der Waals surface area contributed by atoms with Gasteiger partial charge in [0.1, 0.15) is 0 Å². The standard InChI is InChI=1S/C22H22N4O4S/c1-11-8-14-10-17(11)19-18(14)20(27)26(21(19)28)15-4-6-16(7-5-15)31(29,30)25-22-23-12(2)9-13(3)24-22/h4-9,14,17-19H,10H2,1-3H3,(H,23,24,25)/t14-,17+,18+,19-/m0/s1. The number of benzene rings is 1. The van der Waals surface area contributed by atoms with Crippen LogP contribution in [0.4, 0.5) is 11.6 Å². The minimum atomic E-state index is -3.92. The van der Waals surface area contributed by atoms with E-state index in [1.54, 1.807) is 19.9 Å². The van der Waals surface area contributed by atoms with Crippen LogP contribution in [0.3, 0.4) is 0 Å². The highest BCUT2D eigenvalue weighted by molar-refractivity contribution is 7.92. The van der Waals surface area contributed by atoms with Crippen molar-refractivity contribution in [3.05, 3.63) is 53.4 Å². The predicted molar refractivity (Wildman–Crippen MR) is 114 cm³/mol. The zero-order valence-electron chi connectivity index (χ0n) is 17.4. The van der Waals surface area contributed by atoms with E-state index >= 15 is 0 Å². The smallest absolute Gasteiger partial charge is 0.264 e. The largest absolute Gasteiger partial charge is 0.274 e. The number of carbonyl (C=O) groups is 2. The highest BCUT2D eigenvalue weighted by atomic mass is 32.2. The van der Waals surface area contributed by atoms with Gasteiger partial charge in [0.2, 0.25) is 17.8 Å². The van der Waals surface area contributed by atoms with E-state index in [2.05, 4.69) is 20.8 Å². The molecule has 0 spiro atoms. The second-order valence-corrected chi connectivity index (χ2v) is 10.2. The van der Waals surface area contributed by atoms with E-state index in [4.69, 9.17) is 0 Å². The van der Waals surface area contributed by atoms with Crippen LogP contribution in [-0.2, 0) is 19.6 Å². The molecule has 2 amide bonds. The molecule has 2 fully saturated rings. The fraction of sp³-hybridized carbons (Fsp3) is 0.364. The average Bonchev–Trinajstić information content (AvgIpc) is 3.31. The zero-order chi connectivity index (χ0) is 22.1.